The molecule has 2 aromatic carbocycles. The van der Waals surface area contributed by atoms with Crippen molar-refractivity contribution >= 4 is 47.8 Å². The van der Waals surface area contributed by atoms with E-state index in [2.05, 4.69) is 4.98 Å². The number of pyridine rings is 1. The fourth-order valence-corrected chi connectivity index (χ4v) is 9.73. The normalized spacial score (nSPS) is 32.6. The van der Waals surface area contributed by atoms with Crippen LogP contribution in [0.25, 0.3) is 0 Å². The first kappa shape index (κ1) is 49.7. The molecule has 19 nitrogen and oxygen atoms in total. The fourth-order valence-electron chi connectivity index (χ4n) is 9.73. The summed E-state index contributed by atoms with van der Waals surface area (Å²) in [6.45, 7) is 7.38. The summed E-state index contributed by atoms with van der Waals surface area (Å²) in [4.78, 5) is 116. The zero-order valence-electron chi connectivity index (χ0n) is 38.1. The van der Waals surface area contributed by atoms with Crippen molar-refractivity contribution in [1.82, 2.24) is 4.98 Å². The Hall–Kier alpha value is -6.73. The average Bonchev–Trinajstić information content (AvgIpc) is 3.28. The molecule has 3 aromatic rings. The van der Waals surface area contributed by atoms with Crippen molar-refractivity contribution in [3.63, 3.8) is 0 Å². The van der Waals surface area contributed by atoms with Crippen LogP contribution in [0.2, 0.25) is 0 Å². The largest absolute Gasteiger partial charge is 0.465 e. The first-order valence-electron chi connectivity index (χ1n) is 21.5. The number of hydrogen-bond donors (Lipinski definition) is 2. The Labute approximate surface area is 385 Å². The molecule has 0 radical (unpaired) electrons. The number of cyclic esters (lactones) is 1. The minimum absolute atomic E-state index is 0.0582. The van der Waals surface area contributed by atoms with Crippen molar-refractivity contribution in [3.8, 4) is 0 Å². The first-order valence-corrected chi connectivity index (χ1v) is 21.5. The minimum atomic E-state index is -3.40. The predicted octanol–water partition coefficient (Wildman–Crippen LogP) is 3.46. The number of ether oxygens (including phenoxy) is 8. The summed E-state index contributed by atoms with van der Waals surface area (Å²) in [7, 11) is 0. The highest BCUT2D eigenvalue weighted by atomic mass is 16.6. The summed E-state index contributed by atoms with van der Waals surface area (Å²) < 4.78 is 48.3. The molecule has 13 atom stereocenters. The van der Waals surface area contributed by atoms with E-state index < -0.39 is 138 Å². The fraction of sp³-hybridized carbons (Fsp3) is 0.479. The second-order valence-electron chi connectivity index (χ2n) is 17.3. The lowest BCUT2D eigenvalue weighted by atomic mass is 9.43. The molecule has 358 valence electrons. The zero-order valence-corrected chi connectivity index (χ0v) is 38.1. The number of nitrogens with zero attached hydrogens (tertiary/aromatic N) is 1. The molecule has 2 fully saturated rings. The molecule has 0 spiro atoms. The van der Waals surface area contributed by atoms with Crippen LogP contribution in [0, 0.1) is 23.2 Å². The van der Waals surface area contributed by atoms with E-state index in [-0.39, 0.29) is 22.4 Å². The molecule has 67 heavy (non-hydrogen) atoms. The molecule has 2 aliphatic carbocycles. The third kappa shape index (κ3) is 9.21. The average molecular weight is 932 g/mol. The topological polar surface area (TPSA) is 264 Å². The van der Waals surface area contributed by atoms with Crippen molar-refractivity contribution in [2.45, 2.75) is 109 Å². The van der Waals surface area contributed by atoms with Crippen LogP contribution in [0.15, 0.2) is 79.0 Å². The first-order chi connectivity index (χ1) is 31.6. The lowest BCUT2D eigenvalue weighted by Crippen LogP contribution is -2.91. The molecule has 1 aromatic heterocycles. The lowest BCUT2D eigenvalue weighted by molar-refractivity contribution is -0.402. The molecule has 3 bridgehead atoms. The number of carbonyl (C=O) groups excluding carboxylic acids is 8. The Morgan fingerprint density at radius 2 is 1.19 bits per heavy atom. The van der Waals surface area contributed by atoms with E-state index >= 15 is 0 Å². The number of esters is 8. The molecule has 3 aliphatic rings. The molecule has 0 saturated heterocycles. The Morgan fingerprint density at radius 1 is 0.672 bits per heavy atom. The quantitative estimate of drug-likeness (QED) is 0.230. The van der Waals surface area contributed by atoms with Crippen LogP contribution in [-0.4, -0.2) is 124 Å². The van der Waals surface area contributed by atoms with Crippen LogP contribution in [0.4, 0.5) is 0 Å². The van der Waals surface area contributed by atoms with Gasteiger partial charge in [0.15, 0.2) is 30.0 Å². The number of aromatic nitrogens is 1. The van der Waals surface area contributed by atoms with Gasteiger partial charge in [0.25, 0.3) is 0 Å². The van der Waals surface area contributed by atoms with Crippen LogP contribution in [0.1, 0.15) is 98.1 Å². The van der Waals surface area contributed by atoms with Gasteiger partial charge < -0.3 is 48.1 Å². The number of rotatable bonds is 9. The van der Waals surface area contributed by atoms with E-state index in [0.29, 0.717) is 0 Å². The molecule has 0 amide bonds. The van der Waals surface area contributed by atoms with Crippen LogP contribution in [-0.2, 0) is 61.9 Å². The SMILES string of the molecule is CC(=O)OC[C@@]12[C@H](OC(=O)c3ccccc3)[C@@H](OC(C)=O)[C@H]3OC(=O)[C@H](C)[C@@H](C)c4ncccc4C(=O)OC[C@H](C)[C@@H]([C@H](OC(C)=O)[C@H]1OC(C)=O)[C@@H](OC(=O)c1ccccc1)[C@@]2(O)[C@]3(C)O. The molecule has 19 heteroatoms. The Kier molecular flexibility index (Phi) is 14.6. The van der Waals surface area contributed by atoms with Gasteiger partial charge in [-0.25, -0.2) is 14.4 Å². The van der Waals surface area contributed by atoms with Gasteiger partial charge in [0.2, 0.25) is 0 Å². The van der Waals surface area contributed by atoms with Crippen molar-refractivity contribution in [1.29, 1.82) is 0 Å². The van der Waals surface area contributed by atoms with E-state index in [1.807, 2.05) is 0 Å². The molecular weight excluding hydrogens is 879 g/mol. The number of carbonyl (C=O) groups is 8. The predicted molar refractivity (Wildman–Crippen MR) is 227 cm³/mol. The van der Waals surface area contributed by atoms with Crippen molar-refractivity contribution < 1.29 is 86.5 Å². The third-order valence-corrected chi connectivity index (χ3v) is 13.0. The van der Waals surface area contributed by atoms with Crippen molar-refractivity contribution in [3.05, 3.63) is 101 Å². The smallest absolute Gasteiger partial charge is 0.340 e. The van der Waals surface area contributed by atoms with Gasteiger partial charge >= 0.3 is 47.8 Å². The second-order valence-corrected chi connectivity index (χ2v) is 17.3. The van der Waals surface area contributed by atoms with Gasteiger partial charge in [-0.05, 0) is 43.3 Å². The highest BCUT2D eigenvalue weighted by Crippen LogP contribution is 2.63. The molecule has 2 saturated carbocycles. The summed E-state index contributed by atoms with van der Waals surface area (Å²) in [5.41, 5.74) is -9.70. The second kappa shape index (κ2) is 19.6. The van der Waals surface area contributed by atoms with Gasteiger partial charge in [-0.1, -0.05) is 57.2 Å². The highest BCUT2D eigenvalue weighted by molar-refractivity contribution is 5.92. The Bertz CT molecular complexity index is 2390. The van der Waals surface area contributed by atoms with Gasteiger partial charge in [-0.15, -0.1) is 0 Å². The number of fused-ring (bicyclic) bond motifs is 3. The summed E-state index contributed by atoms with van der Waals surface area (Å²) in [6, 6.07) is 17.5. The molecular formula is C48H53NO18. The Morgan fingerprint density at radius 3 is 1.73 bits per heavy atom. The molecule has 6 rings (SSSR count). The lowest BCUT2D eigenvalue weighted by Gasteiger charge is -2.69. The van der Waals surface area contributed by atoms with E-state index in [4.69, 9.17) is 37.9 Å². The maximum atomic E-state index is 14.7. The van der Waals surface area contributed by atoms with E-state index in [0.717, 1.165) is 34.6 Å². The van der Waals surface area contributed by atoms with Crippen molar-refractivity contribution in [2.75, 3.05) is 13.2 Å². The van der Waals surface area contributed by atoms with Crippen LogP contribution >= 0.6 is 0 Å². The summed E-state index contributed by atoms with van der Waals surface area (Å²) in [6.07, 6.45) is -12.0. The van der Waals surface area contributed by atoms with Crippen LogP contribution in [0.5, 0.6) is 0 Å². The van der Waals surface area contributed by atoms with Gasteiger partial charge in [0.05, 0.1) is 34.9 Å². The summed E-state index contributed by atoms with van der Waals surface area (Å²) >= 11 is 0. The highest BCUT2D eigenvalue weighted by Gasteiger charge is 2.86. The number of benzene rings is 2. The molecule has 1 aliphatic heterocycles. The van der Waals surface area contributed by atoms with Gasteiger partial charge in [0.1, 0.15) is 29.8 Å². The molecule has 0 unspecified atom stereocenters. The maximum Gasteiger partial charge on any atom is 0.340 e. The molecule has 2 heterocycles. The van der Waals surface area contributed by atoms with Gasteiger partial charge in [-0.3, -0.25) is 29.0 Å². The minimum Gasteiger partial charge on any atom is -0.465 e. The number of aliphatic hydroxyl groups is 2. The van der Waals surface area contributed by atoms with Crippen LogP contribution in [0.3, 0.4) is 0 Å². The summed E-state index contributed by atoms with van der Waals surface area (Å²) in [5.74, 6) is -13.9. The van der Waals surface area contributed by atoms with E-state index in [9.17, 15) is 48.6 Å². The molecule has 2 N–H and O–H groups in total. The van der Waals surface area contributed by atoms with Crippen molar-refractivity contribution in [2.24, 2.45) is 23.2 Å². The summed E-state index contributed by atoms with van der Waals surface area (Å²) in [5, 5.41) is 27.9. The van der Waals surface area contributed by atoms with Gasteiger partial charge in [-0.2, -0.15) is 0 Å². The standard InChI is InChI=1S/C48H53NO18/c1-24-22-60-45(57)33-20-15-21-49-35(33)25(2)26(3)42(54)66-39-37(63-29(6)52)41(67-44(56)32-18-13-10-14-19-32)47(23-61-27(4)50)40(64-30(7)53)36(62-28(5)51)34(24)38(48(47,59)46(39,8)58)65-43(55)31-16-11-9-12-17-31/h9-21,24-26,34,36-41,58-59H,22-23H2,1-8H3/t24-,25+,26+,34-,36-,37-,38+,39+,40+,41+,46+,47-,48+/m0/s1. The third-order valence-electron chi connectivity index (χ3n) is 13.0. The van der Waals surface area contributed by atoms with E-state index in [1.54, 1.807) is 19.1 Å². The number of hydrogen-bond acceptors (Lipinski definition) is 19. The maximum absolute atomic E-state index is 14.7. The van der Waals surface area contributed by atoms with Gasteiger partial charge in [0, 0.05) is 51.6 Å². The van der Waals surface area contributed by atoms with E-state index in [1.165, 1.54) is 80.7 Å². The van der Waals surface area contributed by atoms with Crippen LogP contribution < -0.4 is 0 Å². The Balaban J connectivity index is 1.80. The monoisotopic (exact) mass is 931 g/mol. The zero-order chi connectivity index (χ0) is 49.2.